The zero-order chi connectivity index (χ0) is 4.99. The molecule has 0 saturated carbocycles. The molecule has 0 amide bonds. The first kappa shape index (κ1) is 5.43. The molecule has 1 N–H and O–H groups in total. The SMILES string of the molecule is CNCC([O])=O. The molecule has 0 fully saturated rings. The number of carbonyl (C=O) groups excluding carboxylic acids is 1. The smallest absolute Gasteiger partial charge is 0.310 e. The van der Waals surface area contributed by atoms with Gasteiger partial charge in [0.1, 0.15) is 0 Å². The van der Waals surface area contributed by atoms with Crippen molar-refractivity contribution in [1.29, 1.82) is 0 Å². The zero-order valence-electron chi connectivity index (χ0n) is 3.52. The van der Waals surface area contributed by atoms with Gasteiger partial charge in [-0.15, -0.1) is 0 Å². The Morgan fingerprint density at radius 3 is 2.33 bits per heavy atom. The van der Waals surface area contributed by atoms with Crippen molar-refractivity contribution in [3.63, 3.8) is 0 Å². The lowest BCUT2D eigenvalue weighted by atomic mass is 10.7. The molecule has 0 heterocycles. The van der Waals surface area contributed by atoms with Crippen molar-refractivity contribution < 1.29 is 9.90 Å². The quantitative estimate of drug-likeness (QED) is 0.478. The Balaban J connectivity index is 2.83. The average molecular weight is 88.1 g/mol. The van der Waals surface area contributed by atoms with Crippen molar-refractivity contribution in [2.75, 3.05) is 13.6 Å². The molecule has 0 aliphatic rings. The lowest BCUT2D eigenvalue weighted by Crippen LogP contribution is -2.15. The van der Waals surface area contributed by atoms with E-state index < -0.39 is 5.97 Å². The third kappa shape index (κ3) is 3.43. The molecule has 3 heteroatoms. The van der Waals surface area contributed by atoms with E-state index in [9.17, 15) is 9.90 Å². The van der Waals surface area contributed by atoms with Crippen LogP contribution in [-0.2, 0) is 9.90 Å². The molecule has 0 atom stereocenters. The summed E-state index contributed by atoms with van der Waals surface area (Å²) in [5.74, 6) is -1.07. The summed E-state index contributed by atoms with van der Waals surface area (Å²) >= 11 is 0. The van der Waals surface area contributed by atoms with E-state index in [0.29, 0.717) is 0 Å². The van der Waals surface area contributed by atoms with E-state index in [2.05, 4.69) is 5.32 Å². The van der Waals surface area contributed by atoms with Crippen LogP contribution in [0.25, 0.3) is 0 Å². The molecule has 6 heavy (non-hydrogen) atoms. The van der Waals surface area contributed by atoms with Gasteiger partial charge in [-0.3, -0.25) is 0 Å². The first-order chi connectivity index (χ1) is 2.77. The van der Waals surface area contributed by atoms with Crippen LogP contribution in [0.2, 0.25) is 0 Å². The van der Waals surface area contributed by atoms with Gasteiger partial charge in [-0.25, -0.2) is 9.90 Å². The molecule has 35 valence electrons. The first-order valence-electron chi connectivity index (χ1n) is 1.62. The number of nitrogens with one attached hydrogen (secondary N) is 1. The Morgan fingerprint density at radius 2 is 2.33 bits per heavy atom. The fraction of sp³-hybridized carbons (Fsp3) is 0.667. The van der Waals surface area contributed by atoms with Gasteiger partial charge in [0.15, 0.2) is 0 Å². The molecule has 0 bridgehead atoms. The maximum atomic E-state index is 9.43. The minimum absolute atomic E-state index is 0.0694. The maximum Gasteiger partial charge on any atom is 0.369 e. The number of hydrogen-bond donors (Lipinski definition) is 1. The van der Waals surface area contributed by atoms with Crippen LogP contribution in [0.4, 0.5) is 0 Å². The molecule has 1 radical (unpaired) electrons. The van der Waals surface area contributed by atoms with Crippen molar-refractivity contribution in [3.8, 4) is 0 Å². The molecule has 0 aromatic carbocycles. The van der Waals surface area contributed by atoms with Crippen LogP contribution < -0.4 is 5.32 Å². The minimum atomic E-state index is -1.07. The molecule has 0 unspecified atom stereocenters. The maximum absolute atomic E-state index is 9.43. The topological polar surface area (TPSA) is 49.0 Å². The summed E-state index contributed by atoms with van der Waals surface area (Å²) in [6, 6.07) is 0. The van der Waals surface area contributed by atoms with Gasteiger partial charge >= 0.3 is 5.97 Å². The van der Waals surface area contributed by atoms with Gasteiger partial charge in [0.25, 0.3) is 0 Å². The molecule has 0 aromatic heterocycles. The fourth-order valence-corrected chi connectivity index (χ4v) is 0.144. The zero-order valence-corrected chi connectivity index (χ0v) is 3.52. The molecule has 0 spiro atoms. The lowest BCUT2D eigenvalue weighted by molar-refractivity contribution is -0.141. The second kappa shape index (κ2) is 2.66. The van der Waals surface area contributed by atoms with E-state index >= 15 is 0 Å². The molecular formula is C3H6NO2. The third-order valence-corrected chi connectivity index (χ3v) is 0.321. The van der Waals surface area contributed by atoms with Crippen molar-refractivity contribution in [2.24, 2.45) is 0 Å². The van der Waals surface area contributed by atoms with Crippen LogP contribution in [0.5, 0.6) is 0 Å². The van der Waals surface area contributed by atoms with Gasteiger partial charge in [0, 0.05) is 0 Å². The van der Waals surface area contributed by atoms with E-state index in [4.69, 9.17) is 0 Å². The van der Waals surface area contributed by atoms with E-state index in [-0.39, 0.29) is 6.54 Å². The van der Waals surface area contributed by atoms with Gasteiger partial charge in [-0.1, -0.05) is 0 Å². The number of hydrogen-bond acceptors (Lipinski definition) is 2. The number of likely N-dealkylation sites (N-methyl/N-ethyl adjacent to an activating group) is 1. The predicted molar refractivity (Wildman–Crippen MR) is 19.6 cm³/mol. The Kier molecular flexibility index (Phi) is 2.40. The van der Waals surface area contributed by atoms with Crippen LogP contribution in [0, 0.1) is 0 Å². The molecule has 0 aliphatic heterocycles. The van der Waals surface area contributed by atoms with Gasteiger partial charge < -0.3 is 5.32 Å². The van der Waals surface area contributed by atoms with Crippen molar-refractivity contribution in [1.82, 2.24) is 5.32 Å². The van der Waals surface area contributed by atoms with E-state index in [1.807, 2.05) is 0 Å². The van der Waals surface area contributed by atoms with Crippen molar-refractivity contribution in [2.45, 2.75) is 0 Å². The molecule has 0 aliphatic carbocycles. The predicted octanol–water partition coefficient (Wildman–Crippen LogP) is -0.837. The van der Waals surface area contributed by atoms with Crippen LogP contribution in [-0.4, -0.2) is 19.6 Å². The van der Waals surface area contributed by atoms with E-state index in [0.717, 1.165) is 0 Å². The second-order valence-corrected chi connectivity index (χ2v) is 0.902. The first-order valence-corrected chi connectivity index (χ1v) is 1.62. The Morgan fingerprint density at radius 1 is 1.83 bits per heavy atom. The number of carbonyl (C=O) groups is 1. The van der Waals surface area contributed by atoms with E-state index in [1.54, 1.807) is 7.05 Å². The highest BCUT2D eigenvalue weighted by Crippen LogP contribution is 1.52. The van der Waals surface area contributed by atoms with Crippen LogP contribution in [0.3, 0.4) is 0 Å². The summed E-state index contributed by atoms with van der Waals surface area (Å²) in [5.41, 5.74) is 0. The summed E-state index contributed by atoms with van der Waals surface area (Å²) in [4.78, 5) is 9.43. The van der Waals surface area contributed by atoms with Crippen LogP contribution >= 0.6 is 0 Å². The fourth-order valence-electron chi connectivity index (χ4n) is 0.144. The van der Waals surface area contributed by atoms with Crippen molar-refractivity contribution in [3.05, 3.63) is 0 Å². The summed E-state index contributed by atoms with van der Waals surface area (Å²) in [5, 5.41) is 11.8. The van der Waals surface area contributed by atoms with Crippen molar-refractivity contribution >= 4 is 5.97 Å². The minimum Gasteiger partial charge on any atom is -0.310 e. The number of rotatable bonds is 2. The van der Waals surface area contributed by atoms with E-state index in [1.165, 1.54) is 0 Å². The van der Waals surface area contributed by atoms with Crippen LogP contribution in [0.15, 0.2) is 0 Å². The molecule has 0 aromatic rings. The van der Waals surface area contributed by atoms with Gasteiger partial charge in [-0.2, -0.15) is 0 Å². The average Bonchev–Trinajstić information content (AvgIpc) is 1.35. The molecular weight excluding hydrogens is 82.0 g/mol. The Bertz CT molecular complexity index is 52.8. The van der Waals surface area contributed by atoms with Gasteiger partial charge in [0.2, 0.25) is 0 Å². The lowest BCUT2D eigenvalue weighted by Gasteiger charge is -1.80. The molecule has 0 saturated heterocycles. The highest BCUT2D eigenvalue weighted by atomic mass is 16.4. The molecule has 3 nitrogen and oxygen atoms in total. The normalized spacial score (nSPS) is 8.17. The summed E-state index contributed by atoms with van der Waals surface area (Å²) in [6.07, 6.45) is 0. The van der Waals surface area contributed by atoms with Crippen LogP contribution in [0.1, 0.15) is 0 Å². The summed E-state index contributed by atoms with van der Waals surface area (Å²) in [7, 11) is 1.55. The molecule has 0 rings (SSSR count). The standard InChI is InChI=1S/C3H6NO2/c1-4-2-3(5)6/h4H,2H2,1H3. The largest absolute Gasteiger partial charge is 0.369 e. The summed E-state index contributed by atoms with van der Waals surface area (Å²) in [6.45, 7) is -0.0694. The summed E-state index contributed by atoms with van der Waals surface area (Å²) < 4.78 is 0. The highest BCUT2D eigenvalue weighted by Gasteiger charge is 1.90. The highest BCUT2D eigenvalue weighted by molar-refractivity contribution is 5.68. The Hall–Kier alpha value is -0.570. The Labute approximate surface area is 36.0 Å². The second-order valence-electron chi connectivity index (χ2n) is 0.902. The van der Waals surface area contributed by atoms with Gasteiger partial charge in [0.05, 0.1) is 6.54 Å². The monoisotopic (exact) mass is 88.0 g/mol. The third-order valence-electron chi connectivity index (χ3n) is 0.321. The van der Waals surface area contributed by atoms with Gasteiger partial charge in [-0.05, 0) is 7.05 Å².